The molecule has 0 aromatic heterocycles. The molecule has 0 spiro atoms. The zero-order valence-electron chi connectivity index (χ0n) is 15.1. The van der Waals surface area contributed by atoms with Crippen molar-refractivity contribution in [2.45, 2.75) is 27.7 Å². The molecule has 0 aliphatic rings. The van der Waals surface area contributed by atoms with E-state index >= 15 is 0 Å². The Labute approximate surface area is 182 Å². The molecule has 26 heavy (non-hydrogen) atoms. The van der Waals surface area contributed by atoms with E-state index in [2.05, 4.69) is 26.3 Å². The molecular weight excluding hydrogens is 416 g/mol. The first kappa shape index (κ1) is 39.4. The standard InChI is InChI=1S/4C4H6O2.2Ti/c4*1-3(2)4(5)6;;/h4*1H2,2H3,(H,5,6);;/q;;;;2*+2/p-4. The minimum atomic E-state index is -1.19. The summed E-state index contributed by atoms with van der Waals surface area (Å²) in [5.74, 6) is -4.74. The van der Waals surface area contributed by atoms with Gasteiger partial charge in [0.1, 0.15) is 0 Å². The Morgan fingerprint density at radius 3 is 0.500 bits per heavy atom. The zero-order chi connectivity index (χ0) is 20.6. The third kappa shape index (κ3) is 49.5. The Morgan fingerprint density at radius 2 is 0.500 bits per heavy atom. The van der Waals surface area contributed by atoms with E-state index in [1.54, 1.807) is 0 Å². The second kappa shape index (κ2) is 23.3. The molecule has 0 aliphatic heterocycles. The SMILES string of the molecule is C=C(C)C(=O)[O-].C=C(C)C(=O)[O-].C=C(C)C(=O)[O-].C=C(C)C(=O)[O-].[Ti+2].[Ti+2]. The van der Waals surface area contributed by atoms with Crippen LogP contribution in [-0.4, -0.2) is 23.9 Å². The topological polar surface area (TPSA) is 161 Å². The summed E-state index contributed by atoms with van der Waals surface area (Å²) in [6.07, 6.45) is 0. The molecule has 140 valence electrons. The van der Waals surface area contributed by atoms with Crippen molar-refractivity contribution in [2.75, 3.05) is 0 Å². The van der Waals surface area contributed by atoms with Gasteiger partial charge in [-0.15, -0.1) is 0 Å². The van der Waals surface area contributed by atoms with Crippen molar-refractivity contribution >= 4 is 23.9 Å². The van der Waals surface area contributed by atoms with Crippen LogP contribution in [0.15, 0.2) is 48.6 Å². The van der Waals surface area contributed by atoms with Gasteiger partial charge in [-0.1, -0.05) is 26.3 Å². The van der Waals surface area contributed by atoms with Crippen molar-refractivity contribution < 1.29 is 83.0 Å². The second-order valence-electron chi connectivity index (χ2n) is 4.27. The molecule has 0 saturated heterocycles. The van der Waals surface area contributed by atoms with Crippen molar-refractivity contribution in [2.24, 2.45) is 0 Å². The number of carbonyl (C=O) groups is 4. The molecule has 8 nitrogen and oxygen atoms in total. The van der Waals surface area contributed by atoms with Crippen molar-refractivity contribution in [3.8, 4) is 0 Å². The maximum Gasteiger partial charge on any atom is 2.00 e. The van der Waals surface area contributed by atoms with Crippen LogP contribution < -0.4 is 20.4 Å². The van der Waals surface area contributed by atoms with Crippen LogP contribution in [0, 0.1) is 0 Å². The van der Waals surface area contributed by atoms with Crippen LogP contribution in [0.3, 0.4) is 0 Å². The van der Waals surface area contributed by atoms with Gasteiger partial charge < -0.3 is 39.6 Å². The number of carboxylic acids is 4. The molecule has 0 aromatic rings. The molecule has 0 aromatic carbocycles. The number of aliphatic carboxylic acids is 4. The van der Waals surface area contributed by atoms with Gasteiger partial charge in [0.2, 0.25) is 0 Å². The number of carbonyl (C=O) groups excluding carboxylic acids is 4. The van der Waals surface area contributed by atoms with Crippen LogP contribution >= 0.6 is 0 Å². The third-order valence-corrected chi connectivity index (χ3v) is 1.39. The zero-order valence-corrected chi connectivity index (χ0v) is 18.2. The Hall–Kier alpha value is -1.73. The average molecular weight is 436 g/mol. The molecule has 0 saturated carbocycles. The van der Waals surface area contributed by atoms with E-state index in [0.29, 0.717) is 0 Å². The molecule has 0 amide bonds. The van der Waals surface area contributed by atoms with Crippen LogP contribution in [0.4, 0.5) is 0 Å². The molecular formula is C16H20O8Ti2. The normalized spacial score (nSPS) is 6.92. The Bertz CT molecular complexity index is 392. The van der Waals surface area contributed by atoms with E-state index in [9.17, 15) is 39.6 Å². The first-order valence-electron chi connectivity index (χ1n) is 6.05. The first-order chi connectivity index (χ1) is 10.6. The predicted octanol–water partition coefficient (Wildman–Crippen LogP) is -2.76. The Balaban J connectivity index is -0.0000000500. The molecule has 10 heteroatoms. The van der Waals surface area contributed by atoms with Gasteiger partial charge in [-0.05, 0) is 50.0 Å². The minimum absolute atomic E-state index is 0. The summed E-state index contributed by atoms with van der Waals surface area (Å²) in [5, 5.41) is 38.0. The van der Waals surface area contributed by atoms with Crippen LogP contribution in [0.2, 0.25) is 0 Å². The molecule has 0 rings (SSSR count). The van der Waals surface area contributed by atoms with Gasteiger partial charge in [-0.3, -0.25) is 0 Å². The first-order valence-corrected chi connectivity index (χ1v) is 6.05. The minimum Gasteiger partial charge on any atom is -0.545 e. The smallest absolute Gasteiger partial charge is 0.545 e. The fourth-order valence-corrected chi connectivity index (χ4v) is 0. The van der Waals surface area contributed by atoms with E-state index in [1.165, 1.54) is 27.7 Å². The van der Waals surface area contributed by atoms with E-state index < -0.39 is 23.9 Å². The van der Waals surface area contributed by atoms with Crippen LogP contribution in [0.25, 0.3) is 0 Å². The summed E-state index contributed by atoms with van der Waals surface area (Å²) in [6.45, 7) is 17.9. The van der Waals surface area contributed by atoms with E-state index in [4.69, 9.17) is 0 Å². The summed E-state index contributed by atoms with van der Waals surface area (Å²) in [4.78, 5) is 38.0. The second-order valence-corrected chi connectivity index (χ2v) is 4.27. The molecule has 0 fully saturated rings. The summed E-state index contributed by atoms with van der Waals surface area (Å²) in [5.41, 5.74) is 0.259. The molecule has 0 radical (unpaired) electrons. The van der Waals surface area contributed by atoms with Crippen molar-refractivity contribution in [1.82, 2.24) is 0 Å². The summed E-state index contributed by atoms with van der Waals surface area (Å²) in [6, 6.07) is 0. The summed E-state index contributed by atoms with van der Waals surface area (Å²) >= 11 is 0. The number of rotatable bonds is 4. The van der Waals surface area contributed by atoms with Crippen LogP contribution in [0.1, 0.15) is 27.7 Å². The Kier molecular flexibility index (Phi) is 35.2. The number of hydrogen-bond donors (Lipinski definition) is 0. The van der Waals surface area contributed by atoms with E-state index in [0.717, 1.165) is 0 Å². The fourth-order valence-electron chi connectivity index (χ4n) is 0. The van der Waals surface area contributed by atoms with Crippen molar-refractivity contribution in [3.05, 3.63) is 48.6 Å². The summed E-state index contributed by atoms with van der Waals surface area (Å²) < 4.78 is 0. The van der Waals surface area contributed by atoms with E-state index in [1.807, 2.05) is 0 Å². The predicted molar refractivity (Wildman–Crippen MR) is 79.3 cm³/mol. The van der Waals surface area contributed by atoms with Gasteiger partial charge in [0.05, 0.1) is 23.9 Å². The molecule has 0 N–H and O–H groups in total. The third-order valence-electron chi connectivity index (χ3n) is 1.39. The quantitative estimate of drug-likeness (QED) is 0.339. The van der Waals surface area contributed by atoms with E-state index in [-0.39, 0.29) is 65.7 Å². The van der Waals surface area contributed by atoms with Gasteiger partial charge in [-0.2, -0.15) is 0 Å². The Morgan fingerprint density at radius 1 is 0.462 bits per heavy atom. The van der Waals surface area contributed by atoms with Gasteiger partial charge >= 0.3 is 43.4 Å². The monoisotopic (exact) mass is 436 g/mol. The van der Waals surface area contributed by atoms with Crippen LogP contribution in [-0.2, 0) is 62.6 Å². The molecule has 0 unspecified atom stereocenters. The maximum absolute atomic E-state index is 9.49. The van der Waals surface area contributed by atoms with Gasteiger partial charge in [-0.25, -0.2) is 0 Å². The molecule has 0 heterocycles. The average Bonchev–Trinajstić information content (AvgIpc) is 2.40. The molecule has 0 bridgehead atoms. The van der Waals surface area contributed by atoms with Crippen molar-refractivity contribution in [1.29, 1.82) is 0 Å². The van der Waals surface area contributed by atoms with Crippen LogP contribution in [0.5, 0.6) is 0 Å². The molecule has 0 aliphatic carbocycles. The summed E-state index contributed by atoms with van der Waals surface area (Å²) in [7, 11) is 0. The maximum atomic E-state index is 9.49. The molecule has 0 atom stereocenters. The van der Waals surface area contributed by atoms with Gasteiger partial charge in [0, 0.05) is 0 Å². The van der Waals surface area contributed by atoms with Gasteiger partial charge in [0.25, 0.3) is 0 Å². The largest absolute Gasteiger partial charge is 2.00 e. The van der Waals surface area contributed by atoms with Crippen molar-refractivity contribution in [3.63, 3.8) is 0 Å². The number of carboxylic acid groups (broad SMARTS) is 4. The fraction of sp³-hybridized carbons (Fsp3) is 0.250. The number of hydrogen-bond acceptors (Lipinski definition) is 8. The van der Waals surface area contributed by atoms with Gasteiger partial charge in [0.15, 0.2) is 0 Å².